The highest BCUT2D eigenvalue weighted by molar-refractivity contribution is 7.05. The summed E-state index contributed by atoms with van der Waals surface area (Å²) in [6.45, 7) is 4.96. The van der Waals surface area contributed by atoms with E-state index in [1.165, 1.54) is 64.4 Å². The molecule has 284 valence electrons. The van der Waals surface area contributed by atoms with Crippen LogP contribution in [-0.4, -0.2) is 8.07 Å². The van der Waals surface area contributed by atoms with Crippen molar-refractivity contribution in [3.8, 4) is 11.3 Å². The van der Waals surface area contributed by atoms with Gasteiger partial charge in [-0.2, -0.15) is 0 Å². The van der Waals surface area contributed by atoms with E-state index in [4.69, 9.17) is 4.42 Å². The molecule has 12 rings (SSSR count). The summed E-state index contributed by atoms with van der Waals surface area (Å²) in [5.74, 6) is 1.01. The van der Waals surface area contributed by atoms with Crippen LogP contribution in [0.2, 0.25) is 13.1 Å². The molecule has 2 heterocycles. The molecular formula is C56H40N2OSi. The Morgan fingerprint density at radius 2 is 0.867 bits per heavy atom. The van der Waals surface area contributed by atoms with E-state index in [0.717, 1.165) is 45.5 Å². The van der Waals surface area contributed by atoms with Crippen LogP contribution in [0.4, 0.5) is 34.1 Å². The first kappa shape index (κ1) is 34.6. The molecular weight excluding hydrogens is 745 g/mol. The molecule has 3 nitrogen and oxygen atoms in total. The maximum absolute atomic E-state index is 7.00. The van der Waals surface area contributed by atoms with Gasteiger partial charge in [0.2, 0.25) is 0 Å². The molecule has 0 saturated carbocycles. The molecule has 10 aromatic carbocycles. The summed E-state index contributed by atoms with van der Waals surface area (Å²) in [6.07, 6.45) is 0. The van der Waals surface area contributed by atoms with Gasteiger partial charge in [0.1, 0.15) is 19.4 Å². The summed E-state index contributed by atoms with van der Waals surface area (Å²) in [5.41, 5.74) is 8.87. The fourth-order valence-corrected chi connectivity index (χ4v) is 13.3. The van der Waals surface area contributed by atoms with E-state index in [9.17, 15) is 0 Å². The number of anilines is 6. The predicted octanol–water partition coefficient (Wildman–Crippen LogP) is 14.8. The van der Waals surface area contributed by atoms with E-state index in [2.05, 4.69) is 229 Å². The smallest absolute Gasteiger partial charge is 0.135 e. The Hall–Kier alpha value is -7.40. The lowest BCUT2D eigenvalue weighted by molar-refractivity contribution is 0.635. The van der Waals surface area contributed by atoms with E-state index in [1.54, 1.807) is 0 Å². The topological polar surface area (TPSA) is 19.6 Å². The highest BCUT2D eigenvalue weighted by Gasteiger charge is 2.42. The predicted molar refractivity (Wildman–Crippen MR) is 258 cm³/mol. The molecule has 1 aliphatic heterocycles. The number of benzene rings is 10. The molecule has 0 saturated heterocycles. The van der Waals surface area contributed by atoms with E-state index in [0.29, 0.717) is 0 Å². The number of hydrogen-bond acceptors (Lipinski definition) is 3. The van der Waals surface area contributed by atoms with Crippen LogP contribution in [0.25, 0.3) is 65.4 Å². The van der Waals surface area contributed by atoms with Gasteiger partial charge in [-0.25, -0.2) is 0 Å². The highest BCUT2D eigenvalue weighted by atomic mass is 28.3. The third-order valence-corrected chi connectivity index (χ3v) is 16.3. The Bertz CT molecular complexity index is 3480. The van der Waals surface area contributed by atoms with Gasteiger partial charge >= 0.3 is 0 Å². The molecule has 0 radical (unpaired) electrons. The van der Waals surface area contributed by atoms with E-state index >= 15 is 0 Å². The van der Waals surface area contributed by atoms with Crippen molar-refractivity contribution in [3.63, 3.8) is 0 Å². The monoisotopic (exact) mass is 784 g/mol. The second-order valence-electron chi connectivity index (χ2n) is 16.5. The van der Waals surface area contributed by atoms with Crippen LogP contribution < -0.4 is 20.2 Å². The average Bonchev–Trinajstić information content (AvgIpc) is 3.79. The van der Waals surface area contributed by atoms with Crippen molar-refractivity contribution in [2.45, 2.75) is 13.1 Å². The summed E-state index contributed by atoms with van der Waals surface area (Å²) < 4.78 is 7.00. The fourth-order valence-electron chi connectivity index (χ4n) is 10.0. The van der Waals surface area contributed by atoms with Gasteiger partial charge < -0.3 is 14.2 Å². The van der Waals surface area contributed by atoms with Gasteiger partial charge in [-0.05, 0) is 109 Å². The van der Waals surface area contributed by atoms with Gasteiger partial charge in [-0.3, -0.25) is 0 Å². The number of rotatable bonds is 6. The molecule has 60 heavy (non-hydrogen) atoms. The zero-order valence-electron chi connectivity index (χ0n) is 33.4. The van der Waals surface area contributed by atoms with Gasteiger partial charge in [0.25, 0.3) is 0 Å². The molecule has 0 atom stereocenters. The van der Waals surface area contributed by atoms with Crippen molar-refractivity contribution < 1.29 is 4.42 Å². The zero-order chi connectivity index (χ0) is 40.0. The second-order valence-corrected chi connectivity index (χ2v) is 20.8. The van der Waals surface area contributed by atoms with Gasteiger partial charge in [0.15, 0.2) is 0 Å². The standard InChI is InChI=1S/C56H40N2OSi/c1-60(2)54-34-30-42(58(40-19-7-4-8-20-40)52-26-14-24-46-44-22-12-10-16-38(44)28-32-48(46)52)36-50(54)55-56(60)49-35-41(29-33-53(49)59-55)57(39-17-5-3-6-18-39)51-25-13-23-45-43-21-11-9-15-37(43)27-31-47(45)51/h3-36H,1-2H3. The van der Waals surface area contributed by atoms with Crippen LogP contribution in [0.15, 0.2) is 211 Å². The Labute approximate surface area is 350 Å². The van der Waals surface area contributed by atoms with Crippen molar-refractivity contribution in [2.75, 3.05) is 9.80 Å². The first-order valence-corrected chi connectivity index (χ1v) is 23.8. The Balaban J connectivity index is 1.03. The first-order chi connectivity index (χ1) is 29.5. The third kappa shape index (κ3) is 5.21. The van der Waals surface area contributed by atoms with Crippen molar-refractivity contribution in [2.24, 2.45) is 0 Å². The lowest BCUT2D eigenvalue weighted by Crippen LogP contribution is -2.49. The molecule has 0 bridgehead atoms. The maximum atomic E-state index is 7.00. The summed E-state index contributed by atoms with van der Waals surface area (Å²) in [4.78, 5) is 4.83. The normalized spacial score (nSPS) is 13.0. The highest BCUT2D eigenvalue weighted by Crippen LogP contribution is 2.45. The molecule has 0 spiro atoms. The lowest BCUT2D eigenvalue weighted by Gasteiger charge is -2.28. The Morgan fingerprint density at radius 1 is 0.367 bits per heavy atom. The molecule has 0 aliphatic carbocycles. The van der Waals surface area contributed by atoms with E-state index < -0.39 is 8.07 Å². The van der Waals surface area contributed by atoms with Gasteiger partial charge in [0.05, 0.1) is 11.4 Å². The van der Waals surface area contributed by atoms with Crippen molar-refractivity contribution in [1.82, 2.24) is 0 Å². The van der Waals surface area contributed by atoms with Gasteiger partial charge in [0, 0.05) is 44.5 Å². The van der Waals surface area contributed by atoms with Crippen LogP contribution >= 0.6 is 0 Å². The minimum absolute atomic E-state index is 0.929. The third-order valence-electron chi connectivity index (χ3n) is 12.8. The van der Waals surface area contributed by atoms with E-state index in [-0.39, 0.29) is 0 Å². The van der Waals surface area contributed by atoms with Crippen LogP contribution in [0.3, 0.4) is 0 Å². The van der Waals surface area contributed by atoms with E-state index in [1.807, 2.05) is 0 Å². The maximum Gasteiger partial charge on any atom is 0.135 e. The molecule has 11 aromatic rings. The lowest BCUT2D eigenvalue weighted by atomic mass is 9.99. The average molecular weight is 785 g/mol. The number of hydrogen-bond donors (Lipinski definition) is 0. The van der Waals surface area contributed by atoms with Gasteiger partial charge in [-0.15, -0.1) is 0 Å². The zero-order valence-corrected chi connectivity index (χ0v) is 34.4. The molecule has 0 N–H and O–H groups in total. The molecule has 0 unspecified atom stereocenters. The Morgan fingerprint density at radius 3 is 1.45 bits per heavy atom. The summed E-state index contributed by atoms with van der Waals surface area (Å²) in [7, 11) is -2.21. The van der Waals surface area contributed by atoms with Crippen LogP contribution in [-0.2, 0) is 0 Å². The van der Waals surface area contributed by atoms with Gasteiger partial charge in [-0.1, -0.05) is 153 Å². The minimum atomic E-state index is -2.21. The SMILES string of the molecule is C[Si]1(C)c2ccc(N(c3ccccc3)c3cccc4c3ccc3ccccc34)cc2-c2oc3ccc(N(c4ccccc4)c4cccc5c4ccc4ccccc45)cc3c21. The van der Waals surface area contributed by atoms with Crippen LogP contribution in [0.1, 0.15) is 0 Å². The molecule has 1 aromatic heterocycles. The second kappa shape index (κ2) is 13.3. The molecule has 4 heteroatoms. The number of nitrogens with zero attached hydrogens (tertiary/aromatic N) is 2. The summed E-state index contributed by atoms with van der Waals surface area (Å²) in [5, 5.41) is 13.9. The molecule has 0 fully saturated rings. The molecule has 1 aliphatic rings. The molecule has 0 amide bonds. The largest absolute Gasteiger partial charge is 0.456 e. The van der Waals surface area contributed by atoms with Crippen molar-refractivity contribution >= 4 is 107 Å². The summed E-state index contributed by atoms with van der Waals surface area (Å²) >= 11 is 0. The van der Waals surface area contributed by atoms with Crippen LogP contribution in [0.5, 0.6) is 0 Å². The van der Waals surface area contributed by atoms with Crippen molar-refractivity contribution in [3.05, 3.63) is 206 Å². The quantitative estimate of drug-likeness (QED) is 0.124. The Kier molecular flexibility index (Phi) is 7.68. The minimum Gasteiger partial charge on any atom is -0.456 e. The number of fused-ring (bicyclic) bond motifs is 11. The number of furan rings is 1. The number of para-hydroxylation sites is 2. The van der Waals surface area contributed by atoms with Crippen LogP contribution in [0, 0.1) is 0 Å². The first-order valence-electron chi connectivity index (χ1n) is 20.8. The summed E-state index contributed by atoms with van der Waals surface area (Å²) in [6, 6.07) is 75.1. The fraction of sp³-hybridized carbons (Fsp3) is 0.0357. The van der Waals surface area contributed by atoms with Crippen molar-refractivity contribution in [1.29, 1.82) is 0 Å².